The molecule has 0 radical (unpaired) electrons. The molecule has 6 rings (SSSR count). The van der Waals surface area contributed by atoms with Crippen LogP contribution in [-0.2, 0) is 4.79 Å². The zero-order chi connectivity index (χ0) is 18.5. The summed E-state index contributed by atoms with van der Waals surface area (Å²) in [5.74, 6) is 2.05. The van der Waals surface area contributed by atoms with Gasteiger partial charge in [0.2, 0.25) is 5.91 Å². The predicted molar refractivity (Wildman–Crippen MR) is 106 cm³/mol. The van der Waals surface area contributed by atoms with Crippen molar-refractivity contribution in [1.29, 1.82) is 0 Å². The van der Waals surface area contributed by atoms with Gasteiger partial charge in [-0.25, -0.2) is 0 Å². The van der Waals surface area contributed by atoms with Crippen molar-refractivity contribution in [2.75, 3.05) is 24.5 Å². The standard InChI is InChI=1S/C23H32N2O2/c26-21(13-22-9-18-8-19(10-22)12-23(27,11-18)16-22)24-14-17-6-7-25(15-17)20-4-2-1-3-5-20/h1-5,17-19,27H,6-16H2,(H,24,26). The second-order valence-corrected chi connectivity index (χ2v) is 10.1. The molecule has 1 heterocycles. The molecule has 5 aliphatic rings. The van der Waals surface area contributed by atoms with E-state index in [4.69, 9.17) is 0 Å². The van der Waals surface area contributed by atoms with Gasteiger partial charge in [0.05, 0.1) is 5.60 Å². The van der Waals surface area contributed by atoms with E-state index in [1.54, 1.807) is 0 Å². The second kappa shape index (κ2) is 6.51. The monoisotopic (exact) mass is 368 g/mol. The van der Waals surface area contributed by atoms with Crippen LogP contribution in [0.1, 0.15) is 51.4 Å². The Morgan fingerprint density at radius 3 is 2.59 bits per heavy atom. The molecule has 0 aromatic heterocycles. The van der Waals surface area contributed by atoms with E-state index in [9.17, 15) is 9.90 Å². The molecule has 4 nitrogen and oxygen atoms in total. The predicted octanol–water partition coefficient (Wildman–Crippen LogP) is 3.35. The maximum Gasteiger partial charge on any atom is 0.220 e. The highest BCUT2D eigenvalue weighted by Crippen LogP contribution is 2.62. The Hall–Kier alpha value is -1.55. The zero-order valence-corrected chi connectivity index (χ0v) is 16.2. The van der Waals surface area contributed by atoms with E-state index in [0.29, 0.717) is 24.2 Å². The number of nitrogens with one attached hydrogen (secondary N) is 1. The number of para-hydroxylation sites is 1. The Morgan fingerprint density at radius 1 is 1.15 bits per heavy atom. The molecule has 4 bridgehead atoms. The molecule has 1 aromatic rings. The van der Waals surface area contributed by atoms with E-state index in [1.807, 2.05) is 0 Å². The van der Waals surface area contributed by atoms with Crippen LogP contribution >= 0.6 is 0 Å². The van der Waals surface area contributed by atoms with Gasteiger partial charge in [0.25, 0.3) is 0 Å². The minimum atomic E-state index is -0.466. The van der Waals surface area contributed by atoms with Crippen molar-refractivity contribution in [1.82, 2.24) is 5.32 Å². The summed E-state index contributed by atoms with van der Waals surface area (Å²) in [6, 6.07) is 10.6. The normalized spacial score (nSPS) is 39.7. The number of amides is 1. The molecular formula is C23H32N2O2. The third kappa shape index (κ3) is 3.49. The first kappa shape index (κ1) is 17.5. The number of nitrogens with zero attached hydrogens (tertiary/aromatic N) is 1. The quantitative estimate of drug-likeness (QED) is 0.838. The first-order valence-corrected chi connectivity index (χ1v) is 10.8. The SMILES string of the molecule is O=C(CC12CC3CC(CC(O)(C3)C1)C2)NCC1CCN(c2ccccc2)C1. The maximum absolute atomic E-state index is 12.7. The molecule has 5 fully saturated rings. The molecule has 0 spiro atoms. The summed E-state index contributed by atoms with van der Waals surface area (Å²) in [7, 11) is 0. The number of aliphatic hydroxyl groups is 1. The van der Waals surface area contributed by atoms with Gasteiger partial charge in [-0.3, -0.25) is 4.79 Å². The van der Waals surface area contributed by atoms with E-state index in [-0.39, 0.29) is 11.3 Å². The van der Waals surface area contributed by atoms with Crippen molar-refractivity contribution in [3.63, 3.8) is 0 Å². The molecule has 1 amide bonds. The Balaban J connectivity index is 1.14. The number of hydrogen-bond acceptors (Lipinski definition) is 3. The van der Waals surface area contributed by atoms with Gasteiger partial charge in [0, 0.05) is 31.7 Å². The van der Waals surface area contributed by atoms with Crippen LogP contribution in [0.2, 0.25) is 0 Å². The van der Waals surface area contributed by atoms with Gasteiger partial charge >= 0.3 is 0 Å². The Bertz CT molecular complexity index is 690. The highest BCUT2D eigenvalue weighted by Gasteiger charge is 2.57. The Labute approximate surface area is 162 Å². The average molecular weight is 369 g/mol. The summed E-state index contributed by atoms with van der Waals surface area (Å²) in [6.07, 6.45) is 8.17. The summed E-state index contributed by atoms with van der Waals surface area (Å²) < 4.78 is 0. The van der Waals surface area contributed by atoms with Crippen molar-refractivity contribution in [2.45, 2.75) is 57.0 Å². The molecule has 1 aromatic carbocycles. The molecule has 146 valence electrons. The van der Waals surface area contributed by atoms with Gasteiger partial charge in [-0.1, -0.05) is 18.2 Å². The number of rotatable bonds is 5. The van der Waals surface area contributed by atoms with E-state index in [0.717, 1.165) is 58.2 Å². The lowest BCUT2D eigenvalue weighted by Gasteiger charge is -2.60. The number of anilines is 1. The highest BCUT2D eigenvalue weighted by molar-refractivity contribution is 5.76. The maximum atomic E-state index is 12.7. The van der Waals surface area contributed by atoms with Gasteiger partial charge in [-0.05, 0) is 80.2 Å². The summed E-state index contributed by atoms with van der Waals surface area (Å²) in [4.78, 5) is 15.2. The van der Waals surface area contributed by atoms with Gasteiger partial charge < -0.3 is 15.3 Å². The lowest BCUT2D eigenvalue weighted by molar-refractivity contribution is -0.169. The fourth-order valence-corrected chi connectivity index (χ4v) is 7.14. The van der Waals surface area contributed by atoms with Crippen LogP contribution in [0.5, 0.6) is 0 Å². The first-order chi connectivity index (χ1) is 13.0. The zero-order valence-electron chi connectivity index (χ0n) is 16.2. The first-order valence-electron chi connectivity index (χ1n) is 10.8. The minimum Gasteiger partial charge on any atom is -0.390 e. The third-order valence-electron chi connectivity index (χ3n) is 7.68. The van der Waals surface area contributed by atoms with Gasteiger partial charge in [0.1, 0.15) is 0 Å². The van der Waals surface area contributed by atoms with E-state index < -0.39 is 5.60 Å². The van der Waals surface area contributed by atoms with Crippen LogP contribution in [0.3, 0.4) is 0 Å². The second-order valence-electron chi connectivity index (χ2n) is 10.1. The van der Waals surface area contributed by atoms with Crippen molar-refractivity contribution in [3.05, 3.63) is 30.3 Å². The third-order valence-corrected chi connectivity index (χ3v) is 7.68. The van der Waals surface area contributed by atoms with E-state index in [1.165, 1.54) is 12.1 Å². The van der Waals surface area contributed by atoms with Crippen molar-refractivity contribution in [3.8, 4) is 0 Å². The highest BCUT2D eigenvalue weighted by atomic mass is 16.3. The van der Waals surface area contributed by atoms with Crippen LogP contribution in [0.4, 0.5) is 5.69 Å². The number of benzene rings is 1. The summed E-state index contributed by atoms with van der Waals surface area (Å²) in [5.41, 5.74) is 0.897. The van der Waals surface area contributed by atoms with Gasteiger partial charge in [-0.2, -0.15) is 0 Å². The van der Waals surface area contributed by atoms with Gasteiger partial charge in [-0.15, -0.1) is 0 Å². The number of carbonyl (C=O) groups excluding carboxylic acids is 1. The van der Waals surface area contributed by atoms with Crippen LogP contribution in [-0.4, -0.2) is 36.2 Å². The summed E-state index contributed by atoms with van der Waals surface area (Å²) in [5, 5.41) is 14.1. The van der Waals surface area contributed by atoms with Crippen LogP contribution < -0.4 is 10.2 Å². The summed E-state index contributed by atoms with van der Waals surface area (Å²) in [6.45, 7) is 2.89. The summed E-state index contributed by atoms with van der Waals surface area (Å²) >= 11 is 0. The van der Waals surface area contributed by atoms with Crippen LogP contribution in [0, 0.1) is 23.2 Å². The topological polar surface area (TPSA) is 52.6 Å². The Morgan fingerprint density at radius 2 is 1.89 bits per heavy atom. The van der Waals surface area contributed by atoms with Crippen molar-refractivity contribution < 1.29 is 9.90 Å². The molecule has 3 unspecified atom stereocenters. The molecule has 27 heavy (non-hydrogen) atoms. The number of hydrogen-bond donors (Lipinski definition) is 2. The fourth-order valence-electron chi connectivity index (χ4n) is 7.14. The van der Waals surface area contributed by atoms with Crippen molar-refractivity contribution in [2.24, 2.45) is 23.2 Å². The smallest absolute Gasteiger partial charge is 0.220 e. The molecule has 3 atom stereocenters. The fraction of sp³-hybridized carbons (Fsp3) is 0.696. The van der Waals surface area contributed by atoms with Gasteiger partial charge in [0.15, 0.2) is 0 Å². The van der Waals surface area contributed by atoms with Crippen LogP contribution in [0.15, 0.2) is 30.3 Å². The van der Waals surface area contributed by atoms with E-state index >= 15 is 0 Å². The molecule has 4 aliphatic carbocycles. The van der Waals surface area contributed by atoms with Crippen molar-refractivity contribution >= 4 is 11.6 Å². The number of carbonyl (C=O) groups is 1. The average Bonchev–Trinajstić information content (AvgIpc) is 3.07. The molecule has 1 aliphatic heterocycles. The Kier molecular flexibility index (Phi) is 4.23. The molecule has 1 saturated heterocycles. The largest absolute Gasteiger partial charge is 0.390 e. The molecular weight excluding hydrogens is 336 g/mol. The minimum absolute atomic E-state index is 0.0780. The molecule has 2 N–H and O–H groups in total. The lowest BCUT2D eigenvalue weighted by atomic mass is 9.47. The van der Waals surface area contributed by atoms with Crippen LogP contribution in [0.25, 0.3) is 0 Å². The van der Waals surface area contributed by atoms with E-state index in [2.05, 4.69) is 40.5 Å². The lowest BCUT2D eigenvalue weighted by Crippen LogP contribution is -2.56. The molecule has 4 saturated carbocycles. The molecule has 4 heteroatoms.